The van der Waals surface area contributed by atoms with Crippen LogP contribution in [0.25, 0.3) is 11.3 Å². The van der Waals surface area contributed by atoms with E-state index < -0.39 is 0 Å². The molecule has 5 heteroatoms. The molecule has 1 fully saturated rings. The maximum atomic E-state index is 12.7. The summed E-state index contributed by atoms with van der Waals surface area (Å²) in [5, 5.41) is 3.97. The first-order chi connectivity index (χ1) is 12.8. The van der Waals surface area contributed by atoms with E-state index in [1.807, 2.05) is 41.3 Å². The Kier molecular flexibility index (Phi) is 4.80. The Morgan fingerprint density at radius 1 is 0.923 bits per heavy atom. The average Bonchev–Trinajstić information content (AvgIpc) is 3.20. The van der Waals surface area contributed by atoms with E-state index >= 15 is 0 Å². The minimum Gasteiger partial charge on any atom is -0.355 e. The zero-order valence-corrected chi connectivity index (χ0v) is 14.5. The van der Waals surface area contributed by atoms with Crippen molar-refractivity contribution in [3.8, 4) is 11.3 Å². The van der Waals surface area contributed by atoms with Crippen molar-refractivity contribution in [1.82, 2.24) is 15.0 Å². The number of aromatic nitrogens is 1. The van der Waals surface area contributed by atoms with E-state index in [0.717, 1.165) is 25.2 Å². The summed E-state index contributed by atoms with van der Waals surface area (Å²) in [4.78, 5) is 16.9. The molecule has 1 aromatic heterocycles. The Balaban J connectivity index is 1.36. The van der Waals surface area contributed by atoms with Crippen molar-refractivity contribution < 1.29 is 9.32 Å². The van der Waals surface area contributed by atoms with Crippen molar-refractivity contribution in [3.05, 3.63) is 78.0 Å². The molecule has 0 unspecified atom stereocenters. The molecule has 0 atom stereocenters. The predicted molar refractivity (Wildman–Crippen MR) is 99.6 cm³/mol. The second kappa shape index (κ2) is 7.54. The molecule has 0 saturated carbocycles. The molecule has 132 valence electrons. The molecule has 0 radical (unpaired) electrons. The van der Waals surface area contributed by atoms with Crippen LogP contribution in [0.4, 0.5) is 0 Å². The van der Waals surface area contributed by atoms with Crippen LogP contribution in [-0.4, -0.2) is 47.0 Å². The number of nitrogens with zero attached hydrogens (tertiary/aromatic N) is 3. The lowest BCUT2D eigenvalue weighted by Gasteiger charge is -2.34. The second-order valence-electron chi connectivity index (χ2n) is 6.50. The second-order valence-corrected chi connectivity index (χ2v) is 6.50. The molecular formula is C21H21N3O2. The Morgan fingerprint density at radius 2 is 1.58 bits per heavy atom. The molecule has 2 heterocycles. The molecule has 4 rings (SSSR count). The quantitative estimate of drug-likeness (QED) is 0.727. The summed E-state index contributed by atoms with van der Waals surface area (Å²) >= 11 is 0. The van der Waals surface area contributed by atoms with E-state index in [2.05, 4.69) is 34.3 Å². The molecular weight excluding hydrogens is 326 g/mol. The zero-order valence-electron chi connectivity index (χ0n) is 14.5. The van der Waals surface area contributed by atoms with Crippen molar-refractivity contribution in [2.45, 2.75) is 6.54 Å². The maximum Gasteiger partial charge on any atom is 0.276 e. The van der Waals surface area contributed by atoms with Crippen molar-refractivity contribution in [2.75, 3.05) is 26.2 Å². The van der Waals surface area contributed by atoms with Gasteiger partial charge in [0.2, 0.25) is 0 Å². The summed E-state index contributed by atoms with van der Waals surface area (Å²) in [6, 6.07) is 21.9. The standard InChI is InChI=1S/C21H21N3O2/c25-21(19-15-20(26-22-19)18-9-5-2-6-10-18)24-13-11-23(12-14-24)16-17-7-3-1-4-8-17/h1-10,15H,11-14,16H2. The Hall–Kier alpha value is -2.92. The number of amides is 1. The summed E-state index contributed by atoms with van der Waals surface area (Å²) in [6.07, 6.45) is 0. The molecule has 3 aromatic rings. The third-order valence-electron chi connectivity index (χ3n) is 4.70. The zero-order chi connectivity index (χ0) is 17.8. The van der Waals surface area contributed by atoms with Crippen LogP contribution in [0.15, 0.2) is 71.3 Å². The van der Waals surface area contributed by atoms with E-state index in [9.17, 15) is 4.79 Å². The van der Waals surface area contributed by atoms with Crippen LogP contribution >= 0.6 is 0 Å². The van der Waals surface area contributed by atoms with Crippen LogP contribution in [0.3, 0.4) is 0 Å². The van der Waals surface area contributed by atoms with Gasteiger partial charge >= 0.3 is 0 Å². The monoisotopic (exact) mass is 347 g/mol. The van der Waals surface area contributed by atoms with E-state index in [-0.39, 0.29) is 5.91 Å². The number of carbonyl (C=O) groups excluding carboxylic acids is 1. The van der Waals surface area contributed by atoms with Gasteiger partial charge < -0.3 is 9.42 Å². The Morgan fingerprint density at radius 3 is 2.27 bits per heavy atom. The number of carbonyl (C=O) groups is 1. The lowest BCUT2D eigenvalue weighted by atomic mass is 10.1. The van der Waals surface area contributed by atoms with Crippen LogP contribution in [-0.2, 0) is 6.54 Å². The highest BCUT2D eigenvalue weighted by atomic mass is 16.5. The molecule has 1 saturated heterocycles. The van der Waals surface area contributed by atoms with Gasteiger partial charge in [0, 0.05) is 44.4 Å². The SMILES string of the molecule is O=C(c1cc(-c2ccccc2)on1)N1CCN(Cc2ccccc2)CC1. The van der Waals surface area contributed by atoms with Gasteiger partial charge in [-0.15, -0.1) is 0 Å². The third-order valence-corrected chi connectivity index (χ3v) is 4.70. The summed E-state index contributed by atoms with van der Waals surface area (Å²) in [6.45, 7) is 4.07. The van der Waals surface area contributed by atoms with Crippen LogP contribution in [0.2, 0.25) is 0 Å². The molecule has 26 heavy (non-hydrogen) atoms. The van der Waals surface area contributed by atoms with E-state index in [4.69, 9.17) is 4.52 Å². The average molecular weight is 347 g/mol. The van der Waals surface area contributed by atoms with Crippen LogP contribution in [0.1, 0.15) is 16.1 Å². The fraction of sp³-hybridized carbons (Fsp3) is 0.238. The number of hydrogen-bond acceptors (Lipinski definition) is 4. The summed E-state index contributed by atoms with van der Waals surface area (Å²) in [7, 11) is 0. The largest absolute Gasteiger partial charge is 0.355 e. The topological polar surface area (TPSA) is 49.6 Å². The molecule has 0 bridgehead atoms. The smallest absolute Gasteiger partial charge is 0.276 e. The number of rotatable bonds is 4. The molecule has 0 spiro atoms. The van der Waals surface area contributed by atoms with Gasteiger partial charge in [-0.1, -0.05) is 65.8 Å². The summed E-state index contributed by atoms with van der Waals surface area (Å²) in [5.74, 6) is 0.562. The Bertz CT molecular complexity index is 853. The minimum absolute atomic E-state index is 0.0599. The van der Waals surface area contributed by atoms with Gasteiger partial charge in [-0.25, -0.2) is 0 Å². The maximum absolute atomic E-state index is 12.7. The first-order valence-electron chi connectivity index (χ1n) is 8.87. The Labute approximate surface area is 152 Å². The van der Waals surface area contributed by atoms with Gasteiger partial charge in [-0.2, -0.15) is 0 Å². The highest BCUT2D eigenvalue weighted by molar-refractivity contribution is 5.93. The van der Waals surface area contributed by atoms with Gasteiger partial charge in [-0.3, -0.25) is 9.69 Å². The minimum atomic E-state index is -0.0599. The third kappa shape index (κ3) is 3.68. The van der Waals surface area contributed by atoms with Crippen LogP contribution in [0, 0.1) is 0 Å². The van der Waals surface area contributed by atoms with Crippen molar-refractivity contribution >= 4 is 5.91 Å². The predicted octanol–water partition coefficient (Wildman–Crippen LogP) is 3.30. The summed E-state index contributed by atoms with van der Waals surface area (Å²) in [5.41, 5.74) is 2.60. The fourth-order valence-corrected chi connectivity index (χ4v) is 3.23. The van der Waals surface area contributed by atoms with Crippen molar-refractivity contribution in [3.63, 3.8) is 0 Å². The highest BCUT2D eigenvalue weighted by Gasteiger charge is 2.24. The van der Waals surface area contributed by atoms with Crippen molar-refractivity contribution in [2.24, 2.45) is 0 Å². The first kappa shape index (κ1) is 16.5. The van der Waals surface area contributed by atoms with Gasteiger partial charge in [0.15, 0.2) is 11.5 Å². The van der Waals surface area contributed by atoms with Crippen molar-refractivity contribution in [1.29, 1.82) is 0 Å². The molecule has 1 amide bonds. The lowest BCUT2D eigenvalue weighted by molar-refractivity contribution is 0.0618. The first-order valence-corrected chi connectivity index (χ1v) is 8.87. The number of hydrogen-bond donors (Lipinski definition) is 0. The van der Waals surface area contributed by atoms with E-state index in [1.165, 1.54) is 5.56 Å². The van der Waals surface area contributed by atoms with Gasteiger partial charge in [-0.05, 0) is 5.56 Å². The molecule has 1 aliphatic rings. The number of piperazine rings is 1. The normalized spacial score (nSPS) is 15.2. The van der Waals surface area contributed by atoms with Gasteiger partial charge in [0.05, 0.1) is 0 Å². The van der Waals surface area contributed by atoms with E-state index in [0.29, 0.717) is 24.5 Å². The van der Waals surface area contributed by atoms with Crippen LogP contribution < -0.4 is 0 Å². The molecule has 1 aliphatic heterocycles. The fourth-order valence-electron chi connectivity index (χ4n) is 3.23. The van der Waals surface area contributed by atoms with Gasteiger partial charge in [0.25, 0.3) is 5.91 Å². The molecule has 2 aromatic carbocycles. The lowest BCUT2D eigenvalue weighted by Crippen LogP contribution is -2.48. The highest BCUT2D eigenvalue weighted by Crippen LogP contribution is 2.21. The molecule has 0 aliphatic carbocycles. The van der Waals surface area contributed by atoms with E-state index in [1.54, 1.807) is 6.07 Å². The van der Waals surface area contributed by atoms with Crippen LogP contribution in [0.5, 0.6) is 0 Å². The van der Waals surface area contributed by atoms with Gasteiger partial charge in [0.1, 0.15) is 0 Å². The molecule has 0 N–H and O–H groups in total. The summed E-state index contributed by atoms with van der Waals surface area (Å²) < 4.78 is 5.35. The molecule has 5 nitrogen and oxygen atoms in total. The number of benzene rings is 2.